The van der Waals surface area contributed by atoms with Crippen molar-refractivity contribution in [2.75, 3.05) is 29.9 Å². The van der Waals surface area contributed by atoms with Gasteiger partial charge in [-0.15, -0.1) is 0 Å². The number of phenols is 1. The second-order valence-electron chi connectivity index (χ2n) is 9.06. The zero-order valence-electron chi connectivity index (χ0n) is 19.9. The van der Waals surface area contributed by atoms with Gasteiger partial charge in [-0.2, -0.15) is 0 Å². The molecule has 1 atom stereocenters. The molecule has 37 heavy (non-hydrogen) atoms. The van der Waals surface area contributed by atoms with Crippen LogP contribution < -0.4 is 15.2 Å². The molecule has 190 valence electrons. The quantitative estimate of drug-likeness (QED) is 0.379. The van der Waals surface area contributed by atoms with Crippen molar-refractivity contribution in [3.63, 3.8) is 0 Å². The number of fused-ring (bicyclic) bond motifs is 1. The molecule has 3 heterocycles. The fourth-order valence-electron chi connectivity index (χ4n) is 4.94. The molecule has 2 N–H and O–H groups in total. The minimum atomic E-state index is -1.40. The van der Waals surface area contributed by atoms with Gasteiger partial charge in [0.05, 0.1) is 16.2 Å². The Hall–Kier alpha value is -4.11. The number of rotatable bonds is 6. The van der Waals surface area contributed by atoms with Crippen LogP contribution in [-0.2, 0) is 0 Å². The van der Waals surface area contributed by atoms with Crippen LogP contribution in [0.1, 0.15) is 23.2 Å². The van der Waals surface area contributed by atoms with Gasteiger partial charge >= 0.3 is 5.97 Å². The molecule has 10 heteroatoms. The van der Waals surface area contributed by atoms with Gasteiger partial charge in [0.2, 0.25) is 5.43 Å². The van der Waals surface area contributed by atoms with E-state index in [1.165, 1.54) is 22.9 Å². The lowest BCUT2D eigenvalue weighted by Crippen LogP contribution is -2.39. The van der Waals surface area contributed by atoms with E-state index in [-0.39, 0.29) is 17.2 Å². The van der Waals surface area contributed by atoms with Gasteiger partial charge in [0.25, 0.3) is 0 Å². The Morgan fingerprint density at radius 2 is 2.00 bits per heavy atom. The second-order valence-corrected chi connectivity index (χ2v) is 9.47. The highest BCUT2D eigenvalue weighted by atomic mass is 35.5. The van der Waals surface area contributed by atoms with Crippen LogP contribution in [0, 0.1) is 5.82 Å². The first-order chi connectivity index (χ1) is 17.7. The smallest absolute Gasteiger partial charge is 0.341 e. The summed E-state index contributed by atoms with van der Waals surface area (Å²) in [4.78, 5) is 33.0. The average Bonchev–Trinajstić information content (AvgIpc) is 3.32. The minimum Gasteiger partial charge on any atom is -0.508 e. The van der Waals surface area contributed by atoms with Crippen LogP contribution in [0.5, 0.6) is 5.75 Å². The van der Waals surface area contributed by atoms with Crippen molar-refractivity contribution in [1.29, 1.82) is 0 Å². The molecule has 0 amide bonds. The fraction of sp³-hybridized carbons (Fsp3) is 0.222. The van der Waals surface area contributed by atoms with Gasteiger partial charge in [-0.25, -0.2) is 14.2 Å². The lowest BCUT2D eigenvalue weighted by molar-refractivity contribution is 0.0695. The van der Waals surface area contributed by atoms with Gasteiger partial charge in [-0.05, 0) is 61.4 Å². The largest absolute Gasteiger partial charge is 0.508 e. The first kappa shape index (κ1) is 24.6. The van der Waals surface area contributed by atoms with Crippen LogP contribution in [0.2, 0.25) is 5.02 Å². The van der Waals surface area contributed by atoms with E-state index in [4.69, 9.17) is 11.6 Å². The highest BCUT2D eigenvalue weighted by Gasteiger charge is 2.29. The number of benzene rings is 2. The highest BCUT2D eigenvalue weighted by molar-refractivity contribution is 6.32. The lowest BCUT2D eigenvalue weighted by Gasteiger charge is -2.31. The summed E-state index contributed by atoms with van der Waals surface area (Å²) in [6, 6.07) is 12.3. The van der Waals surface area contributed by atoms with E-state index in [2.05, 4.69) is 4.98 Å². The maximum absolute atomic E-state index is 15.6. The van der Waals surface area contributed by atoms with Crippen molar-refractivity contribution in [3.05, 3.63) is 87.6 Å². The topological polar surface area (TPSA) is 98.9 Å². The average molecular weight is 523 g/mol. The monoisotopic (exact) mass is 522 g/mol. The normalized spacial score (nSPS) is 15.3. The fourth-order valence-corrected chi connectivity index (χ4v) is 5.20. The van der Waals surface area contributed by atoms with Crippen molar-refractivity contribution in [2.45, 2.75) is 18.9 Å². The molecule has 5 rings (SSSR count). The van der Waals surface area contributed by atoms with Crippen molar-refractivity contribution in [3.8, 4) is 11.4 Å². The van der Waals surface area contributed by atoms with Crippen molar-refractivity contribution < 1.29 is 19.4 Å². The Morgan fingerprint density at radius 1 is 1.24 bits per heavy atom. The number of pyridine rings is 2. The summed E-state index contributed by atoms with van der Waals surface area (Å²) >= 11 is 6.32. The van der Waals surface area contributed by atoms with E-state index < -0.39 is 22.8 Å². The summed E-state index contributed by atoms with van der Waals surface area (Å²) in [5.74, 6) is -1.33. The van der Waals surface area contributed by atoms with Gasteiger partial charge in [0, 0.05) is 49.6 Å². The predicted molar refractivity (Wildman–Crippen MR) is 141 cm³/mol. The van der Waals surface area contributed by atoms with Crippen LogP contribution in [-0.4, -0.2) is 51.9 Å². The Bertz CT molecular complexity index is 1560. The molecular formula is C27H24ClFN4O4. The first-order valence-corrected chi connectivity index (χ1v) is 12.1. The number of phenolic OH excluding ortho intramolecular Hbond substituents is 1. The number of hydrogen-bond acceptors (Lipinski definition) is 6. The molecule has 0 spiro atoms. The van der Waals surface area contributed by atoms with Gasteiger partial charge in [-0.3, -0.25) is 4.79 Å². The Morgan fingerprint density at radius 3 is 2.70 bits per heavy atom. The number of aromatic carboxylic acids is 1. The molecule has 1 saturated heterocycles. The van der Waals surface area contributed by atoms with Crippen LogP contribution in [0.25, 0.3) is 16.6 Å². The molecule has 2 aromatic carbocycles. The Labute approximate surface area is 216 Å². The Kier molecular flexibility index (Phi) is 6.47. The molecule has 8 nitrogen and oxygen atoms in total. The predicted octanol–water partition coefficient (Wildman–Crippen LogP) is 4.69. The molecule has 0 saturated carbocycles. The third-order valence-corrected chi connectivity index (χ3v) is 7.00. The molecule has 0 bridgehead atoms. The first-order valence-electron chi connectivity index (χ1n) is 11.7. The summed E-state index contributed by atoms with van der Waals surface area (Å²) in [5.41, 5.74) is -0.0224. The molecule has 0 radical (unpaired) electrons. The molecule has 4 aromatic rings. The summed E-state index contributed by atoms with van der Waals surface area (Å²) in [5, 5.41) is 19.8. The molecule has 1 aliphatic heterocycles. The number of likely N-dealkylation sites (N-methyl/N-ethyl adjacent to an activating group) is 1. The zero-order valence-corrected chi connectivity index (χ0v) is 20.7. The number of hydrogen-bond donors (Lipinski definition) is 2. The number of halogens is 2. The van der Waals surface area contributed by atoms with Gasteiger partial charge < -0.3 is 24.6 Å². The van der Waals surface area contributed by atoms with Gasteiger partial charge in [0.15, 0.2) is 0 Å². The SMILES string of the molecule is CN(C[C@H]1CCCN1c1cc2c(cc1F)c(=O)c(C(=O)O)cn2-c1ccc(O)cc1)c1ncccc1Cl. The maximum atomic E-state index is 15.6. The highest BCUT2D eigenvalue weighted by Crippen LogP contribution is 2.33. The standard InChI is InChI=1S/C27H24ClFN4O4/c1-31(26-21(28)5-2-10-30-26)14-17-4-3-11-32(17)24-13-23-19(12-22(24)29)25(35)20(27(36)37)15-33(23)16-6-8-18(34)9-7-16/h2,5-10,12-13,15,17,34H,3-4,11,14H2,1H3,(H,36,37)/t17-/m1/s1. The zero-order chi connectivity index (χ0) is 26.3. The minimum absolute atomic E-state index is 0.0383. The third kappa shape index (κ3) is 4.58. The van der Waals surface area contributed by atoms with E-state index in [9.17, 15) is 19.8 Å². The van der Waals surface area contributed by atoms with Crippen LogP contribution in [0.4, 0.5) is 15.9 Å². The van der Waals surface area contributed by atoms with Crippen LogP contribution in [0.3, 0.4) is 0 Å². The summed E-state index contributed by atoms with van der Waals surface area (Å²) < 4.78 is 17.1. The third-order valence-electron chi connectivity index (χ3n) is 6.70. The molecular weight excluding hydrogens is 499 g/mol. The van der Waals surface area contributed by atoms with Gasteiger partial charge in [0.1, 0.15) is 22.9 Å². The van der Waals surface area contributed by atoms with E-state index in [0.29, 0.717) is 40.8 Å². The summed E-state index contributed by atoms with van der Waals surface area (Å²) in [7, 11) is 1.89. The van der Waals surface area contributed by atoms with Crippen molar-refractivity contribution >= 4 is 40.0 Å². The Balaban J connectivity index is 1.60. The van der Waals surface area contributed by atoms with Gasteiger partial charge in [-0.1, -0.05) is 11.6 Å². The van der Waals surface area contributed by atoms with Crippen LogP contribution >= 0.6 is 11.6 Å². The summed E-state index contributed by atoms with van der Waals surface area (Å²) in [6.07, 6.45) is 4.59. The van der Waals surface area contributed by atoms with E-state index >= 15 is 4.39 Å². The molecule has 2 aromatic heterocycles. The number of nitrogens with zero attached hydrogens (tertiary/aromatic N) is 4. The second kappa shape index (κ2) is 9.74. The lowest BCUT2D eigenvalue weighted by atomic mass is 10.1. The van der Waals surface area contributed by atoms with E-state index in [0.717, 1.165) is 18.9 Å². The number of carboxylic acids is 1. The molecule has 1 aliphatic rings. The number of aromatic hydroxyl groups is 1. The number of aromatic nitrogens is 2. The van der Waals surface area contributed by atoms with E-state index in [1.807, 2.05) is 16.8 Å². The van der Waals surface area contributed by atoms with Crippen LogP contribution in [0.15, 0.2) is 65.7 Å². The molecule has 1 fully saturated rings. The maximum Gasteiger partial charge on any atom is 0.341 e. The number of anilines is 2. The molecule has 0 unspecified atom stereocenters. The number of carbonyl (C=O) groups is 1. The van der Waals surface area contributed by atoms with Crippen molar-refractivity contribution in [2.24, 2.45) is 0 Å². The van der Waals surface area contributed by atoms with E-state index in [1.54, 1.807) is 36.5 Å². The molecule has 0 aliphatic carbocycles. The summed E-state index contributed by atoms with van der Waals surface area (Å²) in [6.45, 7) is 1.17. The van der Waals surface area contributed by atoms with Crippen molar-refractivity contribution in [1.82, 2.24) is 9.55 Å². The number of carboxylic acid groups (broad SMARTS) is 1.